The summed E-state index contributed by atoms with van der Waals surface area (Å²) >= 11 is 0. The molecule has 0 aliphatic carbocycles. The van der Waals surface area contributed by atoms with Crippen LogP contribution in [0.25, 0.3) is 5.76 Å². The van der Waals surface area contributed by atoms with Gasteiger partial charge in [0, 0.05) is 5.57 Å². The third-order valence-electron chi connectivity index (χ3n) is 6.62. The quantitative estimate of drug-likeness (QED) is 0.359. The van der Waals surface area contributed by atoms with Crippen LogP contribution in [0.4, 0.5) is 0 Å². The van der Waals surface area contributed by atoms with Crippen LogP contribution in [0.3, 0.4) is 0 Å². The number of nitrogens with one attached hydrogen (secondary N) is 1. The maximum atomic E-state index is 13.6. The predicted molar refractivity (Wildman–Crippen MR) is 127 cm³/mol. The Bertz CT molecular complexity index is 1040. The zero-order valence-corrected chi connectivity index (χ0v) is 20.2. The summed E-state index contributed by atoms with van der Waals surface area (Å²) in [5.74, 6) is -1.05. The van der Waals surface area contributed by atoms with E-state index in [9.17, 15) is 14.7 Å². The highest BCUT2D eigenvalue weighted by Crippen LogP contribution is 2.39. The van der Waals surface area contributed by atoms with E-state index in [0.717, 1.165) is 37.2 Å². The van der Waals surface area contributed by atoms with Crippen molar-refractivity contribution in [3.8, 4) is 5.75 Å². The van der Waals surface area contributed by atoms with Crippen molar-refractivity contribution in [1.82, 2.24) is 4.90 Å². The van der Waals surface area contributed by atoms with Gasteiger partial charge in [0.15, 0.2) is 0 Å². The maximum absolute atomic E-state index is 13.6. The van der Waals surface area contributed by atoms with Crippen molar-refractivity contribution in [2.45, 2.75) is 40.2 Å². The Morgan fingerprint density at radius 3 is 2.27 bits per heavy atom. The van der Waals surface area contributed by atoms with Gasteiger partial charge in [0.05, 0.1) is 39.3 Å². The van der Waals surface area contributed by atoms with Gasteiger partial charge in [-0.05, 0) is 61.6 Å². The van der Waals surface area contributed by atoms with Crippen molar-refractivity contribution >= 4 is 17.4 Å². The van der Waals surface area contributed by atoms with Gasteiger partial charge in [-0.3, -0.25) is 9.59 Å². The molecule has 1 unspecified atom stereocenters. The third-order valence-corrected chi connectivity index (χ3v) is 6.62. The van der Waals surface area contributed by atoms with Crippen LogP contribution in [-0.4, -0.2) is 49.9 Å². The van der Waals surface area contributed by atoms with Crippen molar-refractivity contribution in [1.29, 1.82) is 0 Å². The highest BCUT2D eigenvalue weighted by atomic mass is 16.5. The molecule has 1 fully saturated rings. The Kier molecular flexibility index (Phi) is 7.92. The summed E-state index contributed by atoms with van der Waals surface area (Å²) in [7, 11) is 1.57. The molecule has 1 N–H and O–H groups in total. The number of likely N-dealkylation sites (N-methyl/N-ethyl adjacent to an activating group) is 1. The zero-order chi connectivity index (χ0) is 24.1. The molecule has 2 aromatic carbocycles. The summed E-state index contributed by atoms with van der Waals surface area (Å²) < 4.78 is 5.25. The van der Waals surface area contributed by atoms with Gasteiger partial charge in [-0.1, -0.05) is 43.0 Å². The number of aryl methyl sites for hydroxylation is 2. The van der Waals surface area contributed by atoms with Crippen molar-refractivity contribution < 1.29 is 24.3 Å². The fraction of sp³-hybridized carbons (Fsp3) is 0.407. The summed E-state index contributed by atoms with van der Waals surface area (Å²) in [6, 6.07) is 12.3. The zero-order valence-electron chi connectivity index (χ0n) is 20.2. The van der Waals surface area contributed by atoms with Gasteiger partial charge in [0.2, 0.25) is 5.78 Å². The number of benzene rings is 2. The topological polar surface area (TPSA) is 74.1 Å². The normalized spacial score (nSPS) is 17.8. The number of rotatable bonds is 9. The van der Waals surface area contributed by atoms with Crippen molar-refractivity contribution in [3.63, 3.8) is 0 Å². The molecule has 2 aromatic rings. The predicted octanol–water partition coefficient (Wildman–Crippen LogP) is 1.71. The number of carbonyl (C=O) groups excluding carboxylic acids is 2. The maximum Gasteiger partial charge on any atom is 0.295 e. The Morgan fingerprint density at radius 1 is 1.06 bits per heavy atom. The molecule has 1 heterocycles. The van der Waals surface area contributed by atoms with Gasteiger partial charge in [0.25, 0.3) is 5.91 Å². The monoisotopic (exact) mass is 450 g/mol. The fourth-order valence-electron chi connectivity index (χ4n) is 4.43. The molecule has 0 saturated carbocycles. The number of hydrogen-bond donors (Lipinski definition) is 1. The van der Waals surface area contributed by atoms with E-state index in [1.807, 2.05) is 31.2 Å². The largest absolute Gasteiger partial charge is 0.872 e. The van der Waals surface area contributed by atoms with Crippen LogP contribution in [0.15, 0.2) is 48.0 Å². The number of carbonyl (C=O) groups is 2. The number of amides is 1. The highest BCUT2D eigenvalue weighted by molar-refractivity contribution is 6.46. The molecular formula is C27H34N2O4. The van der Waals surface area contributed by atoms with E-state index in [2.05, 4.69) is 20.8 Å². The van der Waals surface area contributed by atoms with Gasteiger partial charge in [0.1, 0.15) is 5.75 Å². The van der Waals surface area contributed by atoms with Gasteiger partial charge < -0.3 is 19.6 Å². The minimum Gasteiger partial charge on any atom is -0.872 e. The summed E-state index contributed by atoms with van der Waals surface area (Å²) in [4.78, 5) is 29.2. The Balaban J connectivity index is 2.12. The number of methoxy groups -OCH3 is 1. The van der Waals surface area contributed by atoms with Crippen LogP contribution in [0.5, 0.6) is 5.75 Å². The summed E-state index contributed by atoms with van der Waals surface area (Å²) in [5, 5.41) is 13.6. The number of ketones is 1. The van der Waals surface area contributed by atoms with E-state index in [4.69, 9.17) is 4.74 Å². The first-order chi connectivity index (χ1) is 15.9. The van der Waals surface area contributed by atoms with E-state index in [1.165, 1.54) is 4.90 Å². The average Bonchev–Trinajstić information content (AvgIpc) is 3.09. The van der Waals surface area contributed by atoms with Crippen LogP contribution in [0.1, 0.15) is 49.1 Å². The molecule has 1 aliphatic rings. The smallest absolute Gasteiger partial charge is 0.295 e. The Labute approximate surface area is 196 Å². The lowest BCUT2D eigenvalue weighted by Crippen LogP contribution is -3.12. The average molecular weight is 451 g/mol. The molecule has 33 heavy (non-hydrogen) atoms. The highest BCUT2D eigenvalue weighted by Gasteiger charge is 2.44. The molecule has 6 nitrogen and oxygen atoms in total. The molecule has 1 amide bonds. The van der Waals surface area contributed by atoms with E-state index in [-0.39, 0.29) is 5.57 Å². The molecular weight excluding hydrogens is 416 g/mol. The first-order valence-electron chi connectivity index (χ1n) is 11.7. The minimum atomic E-state index is -0.700. The first kappa shape index (κ1) is 24.5. The summed E-state index contributed by atoms with van der Waals surface area (Å²) in [6.45, 7) is 11.1. The second-order valence-electron chi connectivity index (χ2n) is 8.46. The second-order valence-corrected chi connectivity index (χ2v) is 8.46. The second kappa shape index (κ2) is 10.7. The number of quaternary nitrogens is 1. The molecule has 3 rings (SSSR count). The van der Waals surface area contributed by atoms with Gasteiger partial charge >= 0.3 is 0 Å². The number of Topliss-reactive ketones (excluding diaryl/α,β-unsaturated/α-hetero) is 1. The van der Waals surface area contributed by atoms with Crippen LogP contribution >= 0.6 is 0 Å². The third kappa shape index (κ3) is 4.96. The lowest BCUT2D eigenvalue weighted by atomic mass is 9.93. The molecule has 0 aromatic heterocycles. The van der Waals surface area contributed by atoms with Crippen molar-refractivity contribution in [2.24, 2.45) is 0 Å². The standard InChI is InChI=1S/C27H34N2O4/c1-6-19-9-11-20(12-10-19)24-23(25(30)22-14-13-21(33-5)17-18(22)4)26(31)27(32)29(24)16-15-28(7-2)8-3/h9-14,17,24,30H,6-8,15-16H2,1-5H3/b25-23+. The van der Waals surface area contributed by atoms with E-state index in [1.54, 1.807) is 30.2 Å². The van der Waals surface area contributed by atoms with Gasteiger partial charge in [-0.25, -0.2) is 0 Å². The van der Waals surface area contributed by atoms with Gasteiger partial charge in [-0.2, -0.15) is 0 Å². The van der Waals surface area contributed by atoms with Crippen LogP contribution in [0, 0.1) is 6.92 Å². The summed E-state index contributed by atoms with van der Waals surface area (Å²) in [5.41, 5.74) is 3.10. The molecule has 0 radical (unpaired) electrons. The molecule has 176 valence electrons. The van der Waals surface area contributed by atoms with Gasteiger partial charge in [-0.15, -0.1) is 0 Å². The Morgan fingerprint density at radius 2 is 1.73 bits per heavy atom. The first-order valence-corrected chi connectivity index (χ1v) is 11.7. The lowest BCUT2D eigenvalue weighted by Gasteiger charge is -2.29. The van der Waals surface area contributed by atoms with E-state index < -0.39 is 23.5 Å². The van der Waals surface area contributed by atoms with Crippen molar-refractivity contribution in [2.75, 3.05) is 33.3 Å². The number of ether oxygens (including phenoxy) is 1. The number of likely N-dealkylation sites (tertiary alicyclic amines) is 1. The molecule has 1 atom stereocenters. The van der Waals surface area contributed by atoms with Crippen LogP contribution in [-0.2, 0) is 16.0 Å². The van der Waals surface area contributed by atoms with E-state index in [0.29, 0.717) is 23.4 Å². The lowest BCUT2D eigenvalue weighted by molar-refractivity contribution is -0.895. The molecule has 6 heteroatoms. The molecule has 0 spiro atoms. The minimum absolute atomic E-state index is 0.0343. The van der Waals surface area contributed by atoms with Crippen molar-refractivity contribution in [3.05, 3.63) is 70.3 Å². The molecule has 0 bridgehead atoms. The molecule has 1 saturated heterocycles. The summed E-state index contributed by atoms with van der Waals surface area (Å²) in [6.07, 6.45) is 0.887. The number of hydrogen-bond acceptors (Lipinski definition) is 4. The molecule has 1 aliphatic heterocycles. The number of nitrogens with zero attached hydrogens (tertiary/aromatic N) is 1. The fourth-order valence-corrected chi connectivity index (χ4v) is 4.43. The van der Waals surface area contributed by atoms with Crippen LogP contribution < -0.4 is 14.7 Å². The van der Waals surface area contributed by atoms with E-state index >= 15 is 0 Å². The Hall–Kier alpha value is -3.12. The SMILES string of the molecule is CCc1ccc(C2/C(=C(\[O-])c3ccc(OC)cc3C)C(=O)C(=O)N2CC[NH+](CC)CC)cc1. The van der Waals surface area contributed by atoms with Crippen LogP contribution in [0.2, 0.25) is 0 Å².